The Morgan fingerprint density at radius 2 is 1.57 bits per heavy atom. The van der Waals surface area contributed by atoms with Crippen molar-refractivity contribution in [3.8, 4) is 5.75 Å². The van der Waals surface area contributed by atoms with Gasteiger partial charge in [-0.25, -0.2) is 4.79 Å². The van der Waals surface area contributed by atoms with Crippen LogP contribution in [-0.4, -0.2) is 17.7 Å². The van der Waals surface area contributed by atoms with Crippen molar-refractivity contribution in [1.29, 1.82) is 0 Å². The second kappa shape index (κ2) is 12.6. The third kappa shape index (κ3) is 9.18. The molecule has 0 saturated heterocycles. The molecule has 0 fully saturated rings. The van der Waals surface area contributed by atoms with Gasteiger partial charge in [-0.1, -0.05) is 64.7 Å². The van der Waals surface area contributed by atoms with Gasteiger partial charge in [-0.15, -0.1) is 0 Å². The zero-order chi connectivity index (χ0) is 16.9. The van der Waals surface area contributed by atoms with E-state index in [2.05, 4.69) is 29.5 Å². The van der Waals surface area contributed by atoms with Gasteiger partial charge in [-0.05, 0) is 47.2 Å². The number of halogens is 1. The van der Waals surface area contributed by atoms with E-state index in [1.807, 2.05) is 0 Å². The van der Waals surface area contributed by atoms with Crippen LogP contribution in [0.15, 0.2) is 18.2 Å². The monoisotopic (exact) mass is 432 g/mol. The van der Waals surface area contributed by atoms with Crippen molar-refractivity contribution in [2.75, 3.05) is 6.61 Å². The lowest BCUT2D eigenvalue weighted by Crippen LogP contribution is -2.04. The summed E-state index contributed by atoms with van der Waals surface area (Å²) in [4.78, 5) is 11.2. The molecule has 0 atom stereocenters. The summed E-state index contributed by atoms with van der Waals surface area (Å²) in [5.74, 6) is -0.445. The maximum absolute atomic E-state index is 11.2. The minimum Gasteiger partial charge on any atom is -0.493 e. The molecule has 23 heavy (non-hydrogen) atoms. The van der Waals surface area contributed by atoms with Crippen molar-refractivity contribution in [2.24, 2.45) is 0 Å². The predicted molar refractivity (Wildman–Crippen MR) is 103 cm³/mol. The molecule has 0 heterocycles. The Balaban J connectivity index is 2.09. The number of unbranched alkanes of at least 4 members (excludes halogenated alkanes) is 9. The average molecular weight is 432 g/mol. The van der Waals surface area contributed by atoms with Gasteiger partial charge in [0.15, 0.2) is 0 Å². The highest BCUT2D eigenvalue weighted by Gasteiger charge is 2.11. The minimum atomic E-state index is -0.931. The topological polar surface area (TPSA) is 46.5 Å². The molecule has 0 bridgehead atoms. The van der Waals surface area contributed by atoms with Crippen molar-refractivity contribution in [2.45, 2.75) is 71.1 Å². The fourth-order valence-corrected chi connectivity index (χ4v) is 3.03. The number of hydrogen-bond donors (Lipinski definition) is 1. The summed E-state index contributed by atoms with van der Waals surface area (Å²) < 4.78 is 6.66. The first-order valence-corrected chi connectivity index (χ1v) is 9.88. The molecule has 0 saturated carbocycles. The quantitative estimate of drug-likeness (QED) is 0.294. The van der Waals surface area contributed by atoms with Gasteiger partial charge in [0.2, 0.25) is 0 Å². The molecule has 130 valence electrons. The number of benzene rings is 1. The largest absolute Gasteiger partial charge is 0.493 e. The Hall–Kier alpha value is -0.780. The summed E-state index contributed by atoms with van der Waals surface area (Å²) in [5.41, 5.74) is 0.248. The number of carboxylic acids is 1. The van der Waals surface area contributed by atoms with Gasteiger partial charge in [0.1, 0.15) is 11.3 Å². The molecule has 1 rings (SSSR count). The van der Waals surface area contributed by atoms with E-state index in [9.17, 15) is 4.79 Å². The summed E-state index contributed by atoms with van der Waals surface area (Å²) in [7, 11) is 0. The third-order valence-electron chi connectivity index (χ3n) is 3.93. The molecule has 0 aliphatic heterocycles. The fourth-order valence-electron chi connectivity index (χ4n) is 2.56. The van der Waals surface area contributed by atoms with Gasteiger partial charge in [0.05, 0.1) is 6.61 Å². The second-order valence-corrected chi connectivity index (χ2v) is 7.22. The lowest BCUT2D eigenvalue weighted by atomic mass is 10.1. The van der Waals surface area contributed by atoms with Crippen LogP contribution >= 0.6 is 22.6 Å². The number of carboxylic acid groups (broad SMARTS) is 1. The first-order valence-electron chi connectivity index (χ1n) is 8.80. The van der Waals surface area contributed by atoms with E-state index in [-0.39, 0.29) is 5.56 Å². The molecule has 0 amide bonds. The molecule has 0 aliphatic carbocycles. The second-order valence-electron chi connectivity index (χ2n) is 5.98. The van der Waals surface area contributed by atoms with Crippen LogP contribution in [0.1, 0.15) is 81.5 Å². The van der Waals surface area contributed by atoms with Gasteiger partial charge >= 0.3 is 5.97 Å². The van der Waals surface area contributed by atoms with Crippen LogP contribution < -0.4 is 4.74 Å². The summed E-state index contributed by atoms with van der Waals surface area (Å²) in [6.45, 7) is 2.84. The van der Waals surface area contributed by atoms with Crippen LogP contribution in [0, 0.1) is 3.57 Å². The molecule has 0 aliphatic rings. The van der Waals surface area contributed by atoms with Crippen molar-refractivity contribution in [1.82, 2.24) is 0 Å². The molecule has 3 nitrogen and oxygen atoms in total. The minimum absolute atomic E-state index is 0.248. The van der Waals surface area contributed by atoms with E-state index in [0.29, 0.717) is 12.4 Å². The molecule has 0 radical (unpaired) electrons. The van der Waals surface area contributed by atoms with Crippen molar-refractivity contribution in [3.05, 3.63) is 27.3 Å². The lowest BCUT2D eigenvalue weighted by molar-refractivity contribution is 0.0692. The molecular formula is C19H29IO3. The van der Waals surface area contributed by atoms with Crippen molar-refractivity contribution < 1.29 is 14.6 Å². The summed E-state index contributed by atoms with van der Waals surface area (Å²) in [6.07, 6.45) is 12.8. The van der Waals surface area contributed by atoms with Crippen LogP contribution in [0.2, 0.25) is 0 Å². The number of ether oxygens (including phenoxy) is 1. The number of aromatic carboxylic acids is 1. The fraction of sp³-hybridized carbons (Fsp3) is 0.632. The first-order chi connectivity index (χ1) is 11.1. The summed E-state index contributed by atoms with van der Waals surface area (Å²) in [6, 6.07) is 5.19. The smallest absolute Gasteiger partial charge is 0.339 e. The maximum atomic E-state index is 11.2. The van der Waals surface area contributed by atoms with Gasteiger partial charge < -0.3 is 9.84 Å². The average Bonchev–Trinajstić information content (AvgIpc) is 2.52. The van der Waals surface area contributed by atoms with Crippen molar-refractivity contribution in [3.63, 3.8) is 0 Å². The first kappa shape index (κ1) is 20.3. The van der Waals surface area contributed by atoms with E-state index >= 15 is 0 Å². The van der Waals surface area contributed by atoms with Gasteiger partial charge in [0.25, 0.3) is 0 Å². The van der Waals surface area contributed by atoms with Crippen LogP contribution in [-0.2, 0) is 0 Å². The normalized spacial score (nSPS) is 10.7. The number of rotatable bonds is 13. The molecule has 1 N–H and O–H groups in total. The van der Waals surface area contributed by atoms with Crippen LogP contribution in [0.25, 0.3) is 0 Å². The molecule has 0 spiro atoms. The number of hydrogen-bond acceptors (Lipinski definition) is 2. The highest BCUT2D eigenvalue weighted by molar-refractivity contribution is 14.1. The Labute approximate surface area is 154 Å². The van der Waals surface area contributed by atoms with E-state index in [1.165, 1.54) is 51.4 Å². The highest BCUT2D eigenvalue weighted by atomic mass is 127. The van der Waals surface area contributed by atoms with Gasteiger partial charge in [-0.2, -0.15) is 0 Å². The molecular weight excluding hydrogens is 403 g/mol. The Morgan fingerprint density at radius 3 is 2.13 bits per heavy atom. The Bertz CT molecular complexity index is 460. The molecule has 1 aromatic carbocycles. The van der Waals surface area contributed by atoms with E-state index in [4.69, 9.17) is 9.84 Å². The Kier molecular flexibility index (Phi) is 11.1. The van der Waals surface area contributed by atoms with Gasteiger partial charge in [-0.3, -0.25) is 0 Å². The summed E-state index contributed by atoms with van der Waals surface area (Å²) >= 11 is 2.17. The molecule has 4 heteroatoms. The SMILES string of the molecule is CCCCCCCCCCCCOc1cc(I)ccc1C(=O)O. The van der Waals surface area contributed by atoms with Crippen LogP contribution in [0.4, 0.5) is 0 Å². The van der Waals surface area contributed by atoms with Crippen molar-refractivity contribution >= 4 is 28.6 Å². The van der Waals surface area contributed by atoms with E-state index in [1.54, 1.807) is 18.2 Å². The summed E-state index contributed by atoms with van der Waals surface area (Å²) in [5, 5.41) is 9.15. The lowest BCUT2D eigenvalue weighted by Gasteiger charge is -2.09. The maximum Gasteiger partial charge on any atom is 0.339 e. The highest BCUT2D eigenvalue weighted by Crippen LogP contribution is 2.22. The van der Waals surface area contributed by atoms with Crippen LogP contribution in [0.3, 0.4) is 0 Å². The van der Waals surface area contributed by atoms with Gasteiger partial charge in [0, 0.05) is 3.57 Å². The zero-order valence-corrected chi connectivity index (χ0v) is 16.3. The predicted octanol–water partition coefficient (Wildman–Crippen LogP) is 6.29. The molecule has 1 aromatic rings. The van der Waals surface area contributed by atoms with E-state index in [0.717, 1.165) is 16.4 Å². The third-order valence-corrected chi connectivity index (χ3v) is 4.60. The zero-order valence-electron chi connectivity index (χ0n) is 14.2. The van der Waals surface area contributed by atoms with Crippen LogP contribution in [0.5, 0.6) is 5.75 Å². The molecule has 0 aromatic heterocycles. The Morgan fingerprint density at radius 1 is 1.00 bits per heavy atom. The molecule has 0 unspecified atom stereocenters. The standard InChI is InChI=1S/C19H29IO3/c1-2-3-4-5-6-7-8-9-10-11-14-23-18-15-16(20)12-13-17(18)19(21)22/h12-13,15H,2-11,14H2,1H3,(H,21,22). The number of carbonyl (C=O) groups is 1. The van der Waals surface area contributed by atoms with E-state index < -0.39 is 5.97 Å².